The Balaban J connectivity index is 2.16. The lowest BCUT2D eigenvalue weighted by molar-refractivity contribution is 1.17. The predicted molar refractivity (Wildman–Crippen MR) is 97.9 cm³/mol. The molecule has 0 fully saturated rings. The van der Waals surface area contributed by atoms with Gasteiger partial charge in [-0.25, -0.2) is 0 Å². The molecular formula is C21H20S. The molecule has 3 aromatic rings. The minimum absolute atomic E-state index is 0.944. The zero-order valence-electron chi connectivity index (χ0n) is 13.0. The average molecular weight is 304 g/mol. The van der Waals surface area contributed by atoms with E-state index in [1.807, 2.05) is 0 Å². The molecule has 0 aliphatic carbocycles. The quantitative estimate of drug-likeness (QED) is 0.576. The van der Waals surface area contributed by atoms with Gasteiger partial charge in [-0.3, -0.25) is 0 Å². The predicted octanol–water partition coefficient (Wildman–Crippen LogP) is 5.85. The van der Waals surface area contributed by atoms with Crippen LogP contribution in [0.3, 0.4) is 0 Å². The molecule has 0 aromatic heterocycles. The second-order valence-corrected chi connectivity index (χ2v) is 6.22. The summed E-state index contributed by atoms with van der Waals surface area (Å²) in [7, 11) is 0. The molecule has 22 heavy (non-hydrogen) atoms. The molecule has 0 bridgehead atoms. The van der Waals surface area contributed by atoms with E-state index in [2.05, 4.69) is 80.6 Å². The monoisotopic (exact) mass is 304 g/mol. The van der Waals surface area contributed by atoms with Crippen LogP contribution in [0.4, 0.5) is 0 Å². The summed E-state index contributed by atoms with van der Waals surface area (Å²) >= 11 is 4.70. The highest BCUT2D eigenvalue weighted by Crippen LogP contribution is 2.35. The van der Waals surface area contributed by atoms with Crippen molar-refractivity contribution < 1.29 is 0 Å². The maximum absolute atomic E-state index is 4.70. The fourth-order valence-corrected chi connectivity index (χ4v) is 3.40. The standard InChI is InChI=1S/C21H20S/c1-15-8-6-12-18(14-17-10-4-3-5-11-17)20(15)21-16(2)9-7-13-19(21)22/h3-13,22H,14H2,1-2H3. The topological polar surface area (TPSA) is 0 Å². The summed E-state index contributed by atoms with van der Waals surface area (Å²) < 4.78 is 0. The van der Waals surface area contributed by atoms with Crippen molar-refractivity contribution in [3.63, 3.8) is 0 Å². The summed E-state index contributed by atoms with van der Waals surface area (Å²) in [6.45, 7) is 4.34. The van der Waals surface area contributed by atoms with E-state index in [4.69, 9.17) is 12.6 Å². The SMILES string of the molecule is Cc1cccc(S)c1-c1c(C)cccc1Cc1ccccc1. The van der Waals surface area contributed by atoms with Crippen LogP contribution in [0.25, 0.3) is 11.1 Å². The van der Waals surface area contributed by atoms with Crippen molar-refractivity contribution in [1.29, 1.82) is 0 Å². The van der Waals surface area contributed by atoms with E-state index in [1.54, 1.807) is 0 Å². The maximum atomic E-state index is 4.70. The molecule has 0 atom stereocenters. The number of thiol groups is 1. The molecule has 0 N–H and O–H groups in total. The molecule has 0 spiro atoms. The highest BCUT2D eigenvalue weighted by molar-refractivity contribution is 7.80. The van der Waals surface area contributed by atoms with Gasteiger partial charge in [0, 0.05) is 4.90 Å². The largest absolute Gasteiger partial charge is 0.143 e. The van der Waals surface area contributed by atoms with Crippen LogP contribution in [0.2, 0.25) is 0 Å². The van der Waals surface area contributed by atoms with Gasteiger partial charge in [0.25, 0.3) is 0 Å². The van der Waals surface area contributed by atoms with Crippen molar-refractivity contribution in [2.45, 2.75) is 25.2 Å². The van der Waals surface area contributed by atoms with E-state index in [-0.39, 0.29) is 0 Å². The third-order valence-corrected chi connectivity index (χ3v) is 4.47. The molecule has 3 rings (SSSR count). The molecule has 0 nitrogen and oxygen atoms in total. The molecule has 3 aromatic carbocycles. The van der Waals surface area contributed by atoms with E-state index in [0.29, 0.717) is 0 Å². The van der Waals surface area contributed by atoms with Crippen LogP contribution in [-0.4, -0.2) is 0 Å². The van der Waals surface area contributed by atoms with E-state index >= 15 is 0 Å². The molecule has 110 valence electrons. The van der Waals surface area contributed by atoms with Crippen molar-refractivity contribution >= 4 is 12.6 Å². The third kappa shape index (κ3) is 2.95. The maximum Gasteiger partial charge on any atom is 0.0121 e. The lowest BCUT2D eigenvalue weighted by Gasteiger charge is -2.17. The van der Waals surface area contributed by atoms with Gasteiger partial charge < -0.3 is 0 Å². The Hall–Kier alpha value is -1.99. The van der Waals surface area contributed by atoms with Crippen LogP contribution in [0.15, 0.2) is 71.6 Å². The fourth-order valence-electron chi connectivity index (χ4n) is 3.03. The van der Waals surface area contributed by atoms with Crippen LogP contribution in [0, 0.1) is 13.8 Å². The second kappa shape index (κ2) is 6.41. The van der Waals surface area contributed by atoms with Crippen LogP contribution >= 0.6 is 12.6 Å². The first-order valence-electron chi connectivity index (χ1n) is 7.58. The van der Waals surface area contributed by atoms with Crippen LogP contribution in [0.5, 0.6) is 0 Å². The molecule has 0 amide bonds. The fraction of sp³-hybridized carbons (Fsp3) is 0.143. The Bertz CT molecular complexity index is 768. The number of benzene rings is 3. The molecule has 0 unspecified atom stereocenters. The Morgan fingerprint density at radius 3 is 2.00 bits per heavy atom. The summed E-state index contributed by atoms with van der Waals surface area (Å²) in [5, 5.41) is 0. The number of hydrogen-bond donors (Lipinski definition) is 1. The first kappa shape index (κ1) is 14.9. The molecule has 0 heterocycles. The summed E-state index contributed by atoms with van der Waals surface area (Å²) in [5.74, 6) is 0. The van der Waals surface area contributed by atoms with E-state index < -0.39 is 0 Å². The van der Waals surface area contributed by atoms with Gasteiger partial charge in [0.05, 0.1) is 0 Å². The highest BCUT2D eigenvalue weighted by Gasteiger charge is 2.13. The molecule has 1 heteroatoms. The van der Waals surface area contributed by atoms with Gasteiger partial charge in [0.15, 0.2) is 0 Å². The molecule has 0 saturated carbocycles. The summed E-state index contributed by atoms with van der Waals surface area (Å²) in [5.41, 5.74) is 7.86. The zero-order valence-corrected chi connectivity index (χ0v) is 13.9. The van der Waals surface area contributed by atoms with Crippen molar-refractivity contribution in [3.8, 4) is 11.1 Å². The minimum Gasteiger partial charge on any atom is -0.143 e. The van der Waals surface area contributed by atoms with Gasteiger partial charge in [-0.1, -0.05) is 60.7 Å². The molecule has 0 radical (unpaired) electrons. The molecule has 0 saturated heterocycles. The lowest BCUT2D eigenvalue weighted by atomic mass is 9.89. The Labute approximate surface area is 138 Å². The number of hydrogen-bond acceptors (Lipinski definition) is 1. The van der Waals surface area contributed by atoms with Crippen molar-refractivity contribution in [3.05, 3.63) is 89.0 Å². The van der Waals surface area contributed by atoms with E-state index in [1.165, 1.54) is 33.4 Å². The average Bonchev–Trinajstić information content (AvgIpc) is 2.50. The van der Waals surface area contributed by atoms with Gasteiger partial charge in [-0.05, 0) is 59.7 Å². The van der Waals surface area contributed by atoms with E-state index in [0.717, 1.165) is 11.3 Å². The summed E-state index contributed by atoms with van der Waals surface area (Å²) in [6.07, 6.45) is 0.944. The van der Waals surface area contributed by atoms with Gasteiger partial charge in [-0.15, -0.1) is 12.6 Å². The first-order valence-corrected chi connectivity index (χ1v) is 8.03. The van der Waals surface area contributed by atoms with Crippen molar-refractivity contribution in [2.75, 3.05) is 0 Å². The summed E-state index contributed by atoms with van der Waals surface area (Å²) in [6, 6.07) is 23.5. The first-order chi connectivity index (χ1) is 10.7. The molecule has 0 aliphatic rings. The molecular weight excluding hydrogens is 284 g/mol. The second-order valence-electron chi connectivity index (χ2n) is 5.74. The van der Waals surface area contributed by atoms with Gasteiger partial charge in [0.2, 0.25) is 0 Å². The smallest absolute Gasteiger partial charge is 0.0121 e. The zero-order chi connectivity index (χ0) is 15.5. The van der Waals surface area contributed by atoms with Crippen LogP contribution in [-0.2, 0) is 6.42 Å². The lowest BCUT2D eigenvalue weighted by Crippen LogP contribution is -1.97. The van der Waals surface area contributed by atoms with E-state index in [9.17, 15) is 0 Å². The summed E-state index contributed by atoms with van der Waals surface area (Å²) in [4.78, 5) is 1.05. The van der Waals surface area contributed by atoms with Crippen molar-refractivity contribution in [2.24, 2.45) is 0 Å². The third-order valence-electron chi connectivity index (χ3n) is 4.10. The Morgan fingerprint density at radius 2 is 1.32 bits per heavy atom. The minimum atomic E-state index is 0.944. The van der Waals surface area contributed by atoms with Gasteiger partial charge in [-0.2, -0.15) is 0 Å². The van der Waals surface area contributed by atoms with Crippen LogP contribution in [0.1, 0.15) is 22.3 Å². The number of rotatable bonds is 3. The van der Waals surface area contributed by atoms with Gasteiger partial charge >= 0.3 is 0 Å². The Kier molecular flexibility index (Phi) is 4.35. The normalized spacial score (nSPS) is 10.7. The van der Waals surface area contributed by atoms with Gasteiger partial charge in [0.1, 0.15) is 0 Å². The Morgan fingerprint density at radius 1 is 0.682 bits per heavy atom. The highest BCUT2D eigenvalue weighted by atomic mass is 32.1. The van der Waals surface area contributed by atoms with Crippen LogP contribution < -0.4 is 0 Å². The molecule has 0 aliphatic heterocycles. The van der Waals surface area contributed by atoms with Crippen molar-refractivity contribution in [1.82, 2.24) is 0 Å². The number of aryl methyl sites for hydroxylation is 2.